The molecule has 0 radical (unpaired) electrons. The summed E-state index contributed by atoms with van der Waals surface area (Å²) >= 11 is 0. The summed E-state index contributed by atoms with van der Waals surface area (Å²) in [6.45, 7) is 27.6. The minimum Gasteiger partial charge on any atom is -0.460 e. The largest absolute Gasteiger partial charge is 0.494 e. The first-order valence-corrected chi connectivity index (χ1v) is 17.7. The summed E-state index contributed by atoms with van der Waals surface area (Å²) in [6, 6.07) is 12.7. The standard InChI is InChI=1S/C39H56B2O8/c1-33(2,3)44-31(42)19-21-39(22-20-32(43)45-34(4,5)6)29-23-25(40-46-35(7,8)36(9,10)47-40)15-17-27(29)28-18-16-26(24-30(28)39)41-48-37(11,12)38(13,14)49-41/h15-18,23-24H,19-22H2,1-14H3. The van der Waals surface area contributed by atoms with Crippen LogP contribution in [0.15, 0.2) is 36.4 Å². The van der Waals surface area contributed by atoms with Crippen molar-refractivity contribution >= 4 is 37.1 Å². The molecule has 2 aromatic carbocycles. The first-order chi connectivity index (χ1) is 22.3. The Bertz CT molecular complexity index is 1460. The van der Waals surface area contributed by atoms with Gasteiger partial charge in [-0.1, -0.05) is 36.4 Å². The quantitative estimate of drug-likeness (QED) is 0.223. The van der Waals surface area contributed by atoms with Crippen LogP contribution in [-0.2, 0) is 43.1 Å². The second-order valence-electron chi connectivity index (χ2n) is 18.0. The van der Waals surface area contributed by atoms with Crippen molar-refractivity contribution < 1.29 is 37.7 Å². The average molecular weight is 674 g/mol. The molecule has 0 N–H and O–H groups in total. The number of hydrogen-bond donors (Lipinski definition) is 0. The summed E-state index contributed by atoms with van der Waals surface area (Å²) in [6.07, 6.45) is 1.16. The van der Waals surface area contributed by atoms with Crippen molar-refractivity contribution in [2.45, 2.75) is 162 Å². The third-order valence-electron chi connectivity index (χ3n) is 10.8. The van der Waals surface area contributed by atoms with E-state index in [0.717, 1.165) is 33.2 Å². The highest BCUT2D eigenvalue weighted by Crippen LogP contribution is 2.54. The van der Waals surface area contributed by atoms with E-state index in [1.54, 1.807) is 0 Å². The van der Waals surface area contributed by atoms with Gasteiger partial charge in [-0.2, -0.15) is 0 Å². The lowest BCUT2D eigenvalue weighted by atomic mass is 9.67. The molecular weight excluding hydrogens is 618 g/mol. The summed E-state index contributed by atoms with van der Waals surface area (Å²) in [5.74, 6) is -0.577. The van der Waals surface area contributed by atoms with Gasteiger partial charge in [-0.15, -0.1) is 0 Å². The Morgan fingerprint density at radius 3 is 1.16 bits per heavy atom. The van der Waals surface area contributed by atoms with E-state index in [1.807, 2.05) is 96.9 Å². The van der Waals surface area contributed by atoms with Crippen LogP contribution in [0.3, 0.4) is 0 Å². The van der Waals surface area contributed by atoms with Gasteiger partial charge in [-0.25, -0.2) is 0 Å². The number of carbonyl (C=O) groups is 2. The number of carbonyl (C=O) groups excluding carboxylic acids is 2. The summed E-state index contributed by atoms with van der Waals surface area (Å²) < 4.78 is 37.5. The van der Waals surface area contributed by atoms with Crippen molar-refractivity contribution in [1.29, 1.82) is 0 Å². The van der Waals surface area contributed by atoms with Crippen LogP contribution in [0.1, 0.15) is 134 Å². The molecule has 266 valence electrons. The molecular formula is C39H56B2O8. The maximum atomic E-state index is 13.4. The molecule has 5 rings (SSSR count). The lowest BCUT2D eigenvalue weighted by molar-refractivity contribution is -0.155. The van der Waals surface area contributed by atoms with Gasteiger partial charge in [-0.3, -0.25) is 9.59 Å². The highest BCUT2D eigenvalue weighted by molar-refractivity contribution is 6.62. The summed E-state index contributed by atoms with van der Waals surface area (Å²) in [5, 5.41) is 0. The van der Waals surface area contributed by atoms with E-state index in [9.17, 15) is 9.59 Å². The molecule has 3 aliphatic rings. The number of benzene rings is 2. The Kier molecular flexibility index (Phi) is 9.40. The van der Waals surface area contributed by atoms with Crippen molar-refractivity contribution in [3.05, 3.63) is 47.5 Å². The summed E-state index contributed by atoms with van der Waals surface area (Å²) in [7, 11) is -1.15. The van der Waals surface area contributed by atoms with Crippen LogP contribution in [0.2, 0.25) is 0 Å². The fraction of sp³-hybridized carbons (Fsp3) is 0.641. The van der Waals surface area contributed by atoms with Crippen LogP contribution in [0.25, 0.3) is 11.1 Å². The predicted octanol–water partition coefficient (Wildman–Crippen LogP) is 6.80. The van der Waals surface area contributed by atoms with E-state index >= 15 is 0 Å². The molecule has 0 atom stereocenters. The molecule has 2 aromatic rings. The van der Waals surface area contributed by atoms with Crippen LogP contribution in [0.5, 0.6) is 0 Å². The number of esters is 2. The molecule has 2 aliphatic heterocycles. The highest BCUT2D eigenvalue weighted by Gasteiger charge is 2.54. The van der Waals surface area contributed by atoms with E-state index < -0.39 is 53.3 Å². The first kappa shape index (κ1) is 37.6. The van der Waals surface area contributed by atoms with Gasteiger partial charge in [-0.05, 0) is 143 Å². The van der Waals surface area contributed by atoms with Crippen molar-refractivity contribution in [3.8, 4) is 11.1 Å². The molecule has 2 fully saturated rings. The van der Waals surface area contributed by atoms with Crippen LogP contribution in [0.4, 0.5) is 0 Å². The van der Waals surface area contributed by atoms with Crippen molar-refractivity contribution in [2.75, 3.05) is 0 Å². The second-order valence-corrected chi connectivity index (χ2v) is 18.0. The van der Waals surface area contributed by atoms with Crippen molar-refractivity contribution in [1.82, 2.24) is 0 Å². The zero-order chi connectivity index (χ0) is 36.6. The van der Waals surface area contributed by atoms with Gasteiger partial charge in [0.15, 0.2) is 0 Å². The zero-order valence-corrected chi connectivity index (χ0v) is 32.2. The van der Waals surface area contributed by atoms with E-state index in [0.29, 0.717) is 12.8 Å². The Balaban J connectivity index is 1.65. The molecule has 0 amide bonds. The third-order valence-corrected chi connectivity index (χ3v) is 10.8. The van der Waals surface area contributed by atoms with Crippen molar-refractivity contribution in [2.24, 2.45) is 0 Å². The van der Waals surface area contributed by atoms with Crippen LogP contribution in [0, 0.1) is 0 Å². The SMILES string of the molecule is CC(C)(C)OC(=O)CCC1(CCC(=O)OC(C)(C)C)c2cc(B3OC(C)(C)C(C)(C)O3)ccc2-c2ccc(B3OC(C)(C)C(C)(C)O3)cc21. The summed E-state index contributed by atoms with van der Waals surface area (Å²) in [4.78, 5) is 26.7. The normalized spacial score (nSPS) is 21.3. The molecule has 10 heteroatoms. The predicted molar refractivity (Wildman–Crippen MR) is 194 cm³/mol. The molecule has 0 aromatic heterocycles. The smallest absolute Gasteiger partial charge is 0.460 e. The van der Waals surface area contributed by atoms with Gasteiger partial charge in [0.1, 0.15) is 11.2 Å². The second kappa shape index (κ2) is 12.2. The Labute approximate surface area is 294 Å². The van der Waals surface area contributed by atoms with Crippen LogP contribution in [-0.4, -0.2) is 59.8 Å². The van der Waals surface area contributed by atoms with Gasteiger partial charge in [0.2, 0.25) is 0 Å². The van der Waals surface area contributed by atoms with Gasteiger partial charge < -0.3 is 28.1 Å². The van der Waals surface area contributed by atoms with Gasteiger partial charge >= 0.3 is 26.2 Å². The Morgan fingerprint density at radius 2 is 0.878 bits per heavy atom. The van der Waals surface area contributed by atoms with Crippen LogP contribution < -0.4 is 10.9 Å². The minimum absolute atomic E-state index is 0.159. The molecule has 0 saturated carbocycles. The summed E-state index contributed by atoms with van der Waals surface area (Å²) in [5.41, 5.74) is 1.87. The van der Waals surface area contributed by atoms with Gasteiger partial charge in [0, 0.05) is 18.3 Å². The van der Waals surface area contributed by atoms with E-state index in [4.69, 9.17) is 28.1 Å². The molecule has 8 nitrogen and oxygen atoms in total. The average Bonchev–Trinajstić information content (AvgIpc) is 3.43. The lowest BCUT2D eigenvalue weighted by Gasteiger charge is -2.33. The number of hydrogen-bond acceptors (Lipinski definition) is 8. The van der Waals surface area contributed by atoms with E-state index in [1.165, 1.54) is 0 Å². The number of fused-ring (bicyclic) bond motifs is 3. The van der Waals surface area contributed by atoms with E-state index in [-0.39, 0.29) is 24.8 Å². The molecule has 2 saturated heterocycles. The van der Waals surface area contributed by atoms with Gasteiger partial charge in [0.05, 0.1) is 22.4 Å². The first-order valence-electron chi connectivity index (χ1n) is 17.7. The molecule has 2 heterocycles. The Morgan fingerprint density at radius 1 is 0.571 bits per heavy atom. The fourth-order valence-corrected chi connectivity index (χ4v) is 6.86. The number of ether oxygens (including phenoxy) is 2. The maximum Gasteiger partial charge on any atom is 0.494 e. The molecule has 49 heavy (non-hydrogen) atoms. The maximum absolute atomic E-state index is 13.4. The van der Waals surface area contributed by atoms with Gasteiger partial charge in [0.25, 0.3) is 0 Å². The molecule has 1 aliphatic carbocycles. The molecule has 0 unspecified atom stereocenters. The zero-order valence-electron chi connectivity index (χ0n) is 32.2. The third kappa shape index (κ3) is 7.40. The minimum atomic E-state index is -0.738. The van der Waals surface area contributed by atoms with Crippen LogP contribution >= 0.6 is 0 Å². The molecule has 0 spiro atoms. The number of rotatable bonds is 8. The highest BCUT2D eigenvalue weighted by atomic mass is 16.7. The van der Waals surface area contributed by atoms with E-state index in [2.05, 4.69) is 36.4 Å². The monoisotopic (exact) mass is 674 g/mol. The molecule has 0 bridgehead atoms. The van der Waals surface area contributed by atoms with Crippen molar-refractivity contribution in [3.63, 3.8) is 0 Å². The lowest BCUT2D eigenvalue weighted by Crippen LogP contribution is -2.41. The Hall–Kier alpha value is -2.65. The fourth-order valence-electron chi connectivity index (χ4n) is 6.86. The topological polar surface area (TPSA) is 89.5 Å².